The summed E-state index contributed by atoms with van der Waals surface area (Å²) < 4.78 is 7.32. The molecule has 0 bridgehead atoms. The first-order valence-corrected chi connectivity index (χ1v) is 11.1. The minimum Gasteiger partial charge on any atom is -0.463 e. The molecule has 1 aliphatic rings. The fraction of sp³-hybridized carbons (Fsp3) is 0.435. The van der Waals surface area contributed by atoms with Gasteiger partial charge in [-0.25, -0.2) is 4.79 Å². The number of piperidine rings is 1. The van der Waals surface area contributed by atoms with Crippen LogP contribution in [-0.2, 0) is 20.9 Å². The minimum atomic E-state index is -0.519. The van der Waals surface area contributed by atoms with E-state index in [1.807, 2.05) is 42.2 Å². The second kappa shape index (κ2) is 9.89. The molecule has 1 aromatic heterocycles. The molecular weight excluding hydrogens is 400 g/mol. The largest absolute Gasteiger partial charge is 0.463 e. The molecule has 0 aliphatic carbocycles. The van der Waals surface area contributed by atoms with E-state index in [1.165, 1.54) is 22.0 Å². The number of thiazole rings is 1. The summed E-state index contributed by atoms with van der Waals surface area (Å²) in [6, 6.07) is 7.77. The van der Waals surface area contributed by atoms with E-state index in [9.17, 15) is 14.4 Å². The van der Waals surface area contributed by atoms with Crippen LogP contribution in [-0.4, -0.2) is 41.0 Å². The average Bonchev–Trinajstić information content (AvgIpc) is 2.98. The quantitative estimate of drug-likeness (QED) is 0.679. The molecule has 160 valence electrons. The number of amides is 1. The number of carbonyl (C=O) groups excluding carboxylic acids is 2. The molecule has 0 N–H and O–H groups in total. The van der Waals surface area contributed by atoms with Crippen molar-refractivity contribution < 1.29 is 14.3 Å². The Balaban J connectivity index is 2.03. The van der Waals surface area contributed by atoms with Crippen molar-refractivity contribution in [3.05, 3.63) is 54.9 Å². The Morgan fingerprint density at radius 3 is 2.77 bits per heavy atom. The molecule has 2 heterocycles. The highest BCUT2D eigenvalue weighted by Crippen LogP contribution is 2.15. The molecule has 1 unspecified atom stereocenters. The highest BCUT2D eigenvalue weighted by Gasteiger charge is 2.22. The molecule has 1 aromatic carbocycles. The Labute approximate surface area is 180 Å². The lowest BCUT2D eigenvalue weighted by Crippen LogP contribution is -2.44. The third-order valence-corrected chi connectivity index (χ3v) is 6.30. The van der Waals surface area contributed by atoms with Crippen LogP contribution in [0, 0.1) is 12.8 Å². The fourth-order valence-corrected chi connectivity index (χ4v) is 4.64. The molecule has 1 fully saturated rings. The predicted octanol–water partition coefficient (Wildman–Crippen LogP) is 1.65. The van der Waals surface area contributed by atoms with Gasteiger partial charge in [-0.3, -0.25) is 14.2 Å². The molecule has 7 heteroatoms. The number of ether oxygens (including phenoxy) is 1. The number of aromatic nitrogens is 1. The normalized spacial score (nSPS) is 18.0. The molecular formula is C23H28N2O4S. The maximum atomic E-state index is 13.1. The van der Waals surface area contributed by atoms with Gasteiger partial charge in [-0.05, 0) is 49.8 Å². The first-order valence-electron chi connectivity index (χ1n) is 10.3. The van der Waals surface area contributed by atoms with E-state index in [1.54, 1.807) is 6.92 Å². The van der Waals surface area contributed by atoms with Gasteiger partial charge in [-0.1, -0.05) is 31.2 Å². The number of carbonyl (C=O) groups is 2. The monoisotopic (exact) mass is 428 g/mol. The summed E-state index contributed by atoms with van der Waals surface area (Å²) in [6.07, 6.45) is 5.20. The highest BCUT2D eigenvalue weighted by molar-refractivity contribution is 7.07. The van der Waals surface area contributed by atoms with Gasteiger partial charge in [0.1, 0.15) is 11.2 Å². The standard InChI is InChI=1S/C23H28N2O4S/c1-4-29-22(27)13-21-25(15-20(26)24-11-7-8-16(2)14-24)23(28)19(30-21)12-18-10-6-5-9-17(18)3/h5-6,9-10,12-13,16H,4,7-8,11,14-15H2,1-3H3/b19-12-,21-13-. The van der Waals surface area contributed by atoms with Gasteiger partial charge >= 0.3 is 5.97 Å². The molecule has 1 atom stereocenters. The summed E-state index contributed by atoms with van der Waals surface area (Å²) in [6.45, 7) is 7.42. The summed E-state index contributed by atoms with van der Waals surface area (Å²) in [5.74, 6) is -0.159. The summed E-state index contributed by atoms with van der Waals surface area (Å²) in [7, 11) is 0. The average molecular weight is 429 g/mol. The van der Waals surface area contributed by atoms with Gasteiger partial charge in [0.25, 0.3) is 5.56 Å². The van der Waals surface area contributed by atoms with E-state index in [4.69, 9.17) is 4.74 Å². The smallest absolute Gasteiger partial charge is 0.333 e. The second-order valence-electron chi connectivity index (χ2n) is 7.68. The number of rotatable bonds is 5. The van der Waals surface area contributed by atoms with Crippen molar-refractivity contribution in [2.45, 2.75) is 40.2 Å². The van der Waals surface area contributed by atoms with Gasteiger partial charge in [0.15, 0.2) is 0 Å². The van der Waals surface area contributed by atoms with Crippen LogP contribution in [0.2, 0.25) is 0 Å². The Hall–Kier alpha value is -2.67. The van der Waals surface area contributed by atoms with E-state index in [2.05, 4.69) is 6.92 Å². The van der Waals surface area contributed by atoms with E-state index in [0.29, 0.717) is 28.2 Å². The van der Waals surface area contributed by atoms with Gasteiger partial charge in [-0.2, -0.15) is 0 Å². The van der Waals surface area contributed by atoms with Gasteiger partial charge in [-0.15, -0.1) is 11.3 Å². The zero-order chi connectivity index (χ0) is 21.7. The van der Waals surface area contributed by atoms with Crippen molar-refractivity contribution in [3.63, 3.8) is 0 Å². The summed E-state index contributed by atoms with van der Waals surface area (Å²) in [5.41, 5.74) is 1.71. The zero-order valence-electron chi connectivity index (χ0n) is 17.7. The molecule has 1 aliphatic heterocycles. The maximum Gasteiger partial charge on any atom is 0.333 e. The van der Waals surface area contributed by atoms with Gasteiger partial charge in [0.2, 0.25) is 5.91 Å². The van der Waals surface area contributed by atoms with E-state index < -0.39 is 5.97 Å². The molecule has 6 nitrogen and oxygen atoms in total. The van der Waals surface area contributed by atoms with Crippen LogP contribution in [0.4, 0.5) is 0 Å². The second-order valence-corrected chi connectivity index (χ2v) is 8.74. The molecule has 0 spiro atoms. The van der Waals surface area contributed by atoms with Crippen molar-refractivity contribution in [2.75, 3.05) is 19.7 Å². The number of benzene rings is 1. The fourth-order valence-electron chi connectivity index (χ4n) is 3.62. The SMILES string of the molecule is CCOC(=O)/C=c1\s/c(=C\c2ccccc2C)c(=O)n1CC(=O)N1CCCC(C)C1. The van der Waals surface area contributed by atoms with Crippen molar-refractivity contribution in [3.8, 4) is 0 Å². The van der Waals surface area contributed by atoms with Crippen LogP contribution in [0.25, 0.3) is 12.2 Å². The van der Waals surface area contributed by atoms with Gasteiger partial charge < -0.3 is 9.64 Å². The predicted molar refractivity (Wildman–Crippen MR) is 119 cm³/mol. The Morgan fingerprint density at radius 2 is 2.07 bits per heavy atom. The maximum absolute atomic E-state index is 13.1. The molecule has 1 saturated heterocycles. The van der Waals surface area contributed by atoms with Crippen LogP contribution >= 0.6 is 11.3 Å². The summed E-state index contributed by atoms with van der Waals surface area (Å²) >= 11 is 1.20. The number of nitrogens with zero attached hydrogens (tertiary/aromatic N) is 2. The van der Waals surface area contributed by atoms with Crippen LogP contribution in [0.15, 0.2) is 29.1 Å². The first kappa shape index (κ1) is 22.0. The number of hydrogen-bond acceptors (Lipinski definition) is 5. The van der Waals surface area contributed by atoms with E-state index in [0.717, 1.165) is 24.0 Å². The van der Waals surface area contributed by atoms with Crippen LogP contribution < -0.4 is 14.8 Å². The molecule has 0 saturated carbocycles. The van der Waals surface area contributed by atoms with Crippen LogP contribution in [0.1, 0.15) is 37.8 Å². The van der Waals surface area contributed by atoms with E-state index >= 15 is 0 Å². The number of esters is 1. The number of aryl methyl sites for hydroxylation is 1. The van der Waals surface area contributed by atoms with Crippen molar-refractivity contribution in [2.24, 2.45) is 5.92 Å². The van der Waals surface area contributed by atoms with Gasteiger partial charge in [0, 0.05) is 13.1 Å². The van der Waals surface area contributed by atoms with Gasteiger partial charge in [0.05, 0.1) is 17.2 Å². The van der Waals surface area contributed by atoms with Crippen LogP contribution in [0.5, 0.6) is 0 Å². The minimum absolute atomic E-state index is 0.0745. The number of hydrogen-bond donors (Lipinski definition) is 0. The Kier molecular flexibility index (Phi) is 7.26. The summed E-state index contributed by atoms with van der Waals surface area (Å²) in [4.78, 5) is 39.9. The number of likely N-dealkylation sites (tertiary alicyclic amines) is 1. The molecule has 3 rings (SSSR count). The highest BCUT2D eigenvalue weighted by atomic mass is 32.1. The molecule has 0 radical (unpaired) electrons. The third-order valence-electron chi connectivity index (χ3n) is 5.24. The lowest BCUT2D eigenvalue weighted by molar-refractivity contribution is -0.136. The zero-order valence-corrected chi connectivity index (χ0v) is 18.5. The lowest BCUT2D eigenvalue weighted by atomic mass is 10.0. The van der Waals surface area contributed by atoms with E-state index in [-0.39, 0.29) is 24.6 Å². The topological polar surface area (TPSA) is 68.6 Å². The van der Waals surface area contributed by atoms with Crippen LogP contribution in [0.3, 0.4) is 0 Å². The summed E-state index contributed by atoms with van der Waals surface area (Å²) in [5, 5.41) is 0. The lowest BCUT2D eigenvalue weighted by Gasteiger charge is -2.31. The van der Waals surface area contributed by atoms with Crippen molar-refractivity contribution in [1.82, 2.24) is 9.47 Å². The van der Waals surface area contributed by atoms with Crippen molar-refractivity contribution in [1.29, 1.82) is 0 Å². The molecule has 30 heavy (non-hydrogen) atoms. The first-order chi connectivity index (χ1) is 14.4. The molecule has 1 amide bonds. The molecule has 2 aromatic rings. The third kappa shape index (κ3) is 5.27. The Bertz CT molecular complexity index is 1100. The van der Waals surface area contributed by atoms with Crippen molar-refractivity contribution >= 4 is 35.4 Å². The Morgan fingerprint density at radius 1 is 1.30 bits per heavy atom.